The highest BCUT2D eigenvalue weighted by Gasteiger charge is 2.24. The molecule has 0 saturated heterocycles. The van der Waals surface area contributed by atoms with Crippen molar-refractivity contribution in [2.24, 2.45) is 0 Å². The van der Waals surface area contributed by atoms with Crippen LogP contribution in [-0.2, 0) is 0 Å². The Kier molecular flexibility index (Phi) is 7.99. The van der Waals surface area contributed by atoms with Crippen molar-refractivity contribution in [3.63, 3.8) is 0 Å². The summed E-state index contributed by atoms with van der Waals surface area (Å²) in [7, 11) is 0. The molecule has 0 aliphatic rings. The number of hydrogen-bond acceptors (Lipinski definition) is 6. The second-order valence-corrected chi connectivity index (χ2v) is 7.74. The summed E-state index contributed by atoms with van der Waals surface area (Å²) in [4.78, 5) is 49.8. The van der Waals surface area contributed by atoms with E-state index in [1.807, 2.05) is 0 Å². The normalized spacial score (nSPS) is 10.2. The zero-order valence-electron chi connectivity index (χ0n) is 16.8. The van der Waals surface area contributed by atoms with Crippen molar-refractivity contribution in [3.05, 3.63) is 95.0 Å². The quantitative estimate of drug-likeness (QED) is 0.389. The summed E-state index contributed by atoms with van der Waals surface area (Å²) in [6.45, 7) is 0. The summed E-state index contributed by atoms with van der Waals surface area (Å²) in [5.74, 6) is -1.28. The average Bonchev–Trinajstić information content (AvgIpc) is 2.84. The zero-order chi connectivity index (χ0) is 24.0. The SMILES string of the molecule is O=C(NC(=O)N(S)c1ccc(Cl)cc1N(S)C(=O)NC(=O)c1ccccc1)c1ccccc1. The molecule has 11 heteroatoms. The van der Waals surface area contributed by atoms with E-state index in [1.54, 1.807) is 60.7 Å². The molecule has 0 aliphatic heterocycles. The molecule has 168 valence electrons. The molecular weight excluding hydrogens is 484 g/mol. The number of urea groups is 2. The molecule has 8 nitrogen and oxygen atoms in total. The van der Waals surface area contributed by atoms with Crippen molar-refractivity contribution < 1.29 is 19.2 Å². The highest BCUT2D eigenvalue weighted by molar-refractivity contribution is 7.83. The van der Waals surface area contributed by atoms with Crippen molar-refractivity contribution in [1.29, 1.82) is 0 Å². The predicted molar refractivity (Wildman–Crippen MR) is 133 cm³/mol. The number of imide groups is 2. The number of carbonyl (C=O) groups excluding carboxylic acids is 4. The molecule has 0 bridgehead atoms. The van der Waals surface area contributed by atoms with Crippen LogP contribution in [0.1, 0.15) is 20.7 Å². The molecule has 0 unspecified atom stereocenters. The number of nitrogens with one attached hydrogen (secondary N) is 2. The Balaban J connectivity index is 1.78. The Morgan fingerprint density at radius 3 is 1.52 bits per heavy atom. The number of carbonyl (C=O) groups is 4. The number of benzene rings is 3. The smallest absolute Gasteiger partial charge is 0.273 e. The van der Waals surface area contributed by atoms with Gasteiger partial charge in [0.15, 0.2) is 0 Å². The molecule has 3 rings (SSSR count). The third-order valence-electron chi connectivity index (χ3n) is 4.29. The van der Waals surface area contributed by atoms with E-state index >= 15 is 0 Å². The Morgan fingerprint density at radius 2 is 1.06 bits per heavy atom. The third kappa shape index (κ3) is 6.07. The number of halogens is 1. The van der Waals surface area contributed by atoms with Crippen LogP contribution < -0.4 is 19.2 Å². The minimum absolute atomic E-state index is 0.0431. The van der Waals surface area contributed by atoms with Gasteiger partial charge in [-0.3, -0.25) is 20.2 Å². The Bertz CT molecular complexity index is 1200. The number of anilines is 2. The molecule has 0 saturated carbocycles. The minimum atomic E-state index is -0.891. The summed E-state index contributed by atoms with van der Waals surface area (Å²) in [5, 5.41) is 4.63. The molecular formula is C22H17ClN4O4S2. The van der Waals surface area contributed by atoms with Gasteiger partial charge in [0, 0.05) is 16.1 Å². The monoisotopic (exact) mass is 500 g/mol. The van der Waals surface area contributed by atoms with Gasteiger partial charge < -0.3 is 0 Å². The summed E-state index contributed by atoms with van der Waals surface area (Å²) < 4.78 is 1.62. The first-order valence-corrected chi connectivity index (χ1v) is 10.5. The van der Waals surface area contributed by atoms with Crippen molar-refractivity contribution in [1.82, 2.24) is 10.6 Å². The Hall–Kier alpha value is -3.47. The summed E-state index contributed by atoms with van der Waals surface area (Å²) in [6.07, 6.45) is 0. The van der Waals surface area contributed by atoms with Gasteiger partial charge in [-0.1, -0.05) is 73.6 Å². The lowest BCUT2D eigenvalue weighted by Crippen LogP contribution is -2.40. The van der Waals surface area contributed by atoms with E-state index in [2.05, 4.69) is 36.3 Å². The fraction of sp³-hybridized carbons (Fsp3) is 0. The topological polar surface area (TPSA) is 98.8 Å². The number of rotatable bonds is 4. The molecule has 0 spiro atoms. The van der Waals surface area contributed by atoms with Gasteiger partial charge in [-0.05, 0) is 42.5 Å². The van der Waals surface area contributed by atoms with Gasteiger partial charge in [0.25, 0.3) is 11.8 Å². The standard InChI is InChI=1S/C22H17ClN4O4S2/c23-16-11-12-17(26(32)21(30)24-19(28)14-7-3-1-4-8-14)18(13-16)27(33)22(31)25-20(29)15-9-5-2-6-10-15/h1-13,32-33H,(H,24,28,30)(H,25,29,31). The highest BCUT2D eigenvalue weighted by Crippen LogP contribution is 2.34. The molecule has 3 aromatic carbocycles. The number of nitrogens with zero attached hydrogens (tertiary/aromatic N) is 2. The van der Waals surface area contributed by atoms with Crippen LogP contribution in [0.3, 0.4) is 0 Å². The van der Waals surface area contributed by atoms with Gasteiger partial charge in [0.1, 0.15) is 0 Å². The van der Waals surface area contributed by atoms with Crippen LogP contribution in [0.25, 0.3) is 0 Å². The highest BCUT2D eigenvalue weighted by atomic mass is 35.5. The molecule has 6 amide bonds. The van der Waals surface area contributed by atoms with Gasteiger partial charge in [0.05, 0.1) is 11.4 Å². The summed E-state index contributed by atoms with van der Waals surface area (Å²) >= 11 is 14.4. The van der Waals surface area contributed by atoms with Crippen molar-refractivity contribution in [3.8, 4) is 0 Å². The van der Waals surface area contributed by atoms with Gasteiger partial charge >= 0.3 is 12.1 Å². The van der Waals surface area contributed by atoms with Crippen LogP contribution in [0.5, 0.6) is 0 Å². The second kappa shape index (κ2) is 10.9. The van der Waals surface area contributed by atoms with E-state index in [-0.39, 0.29) is 27.5 Å². The maximum atomic E-state index is 12.6. The summed E-state index contributed by atoms with van der Waals surface area (Å²) in [6, 6.07) is 18.7. The van der Waals surface area contributed by atoms with E-state index in [4.69, 9.17) is 11.6 Å². The van der Waals surface area contributed by atoms with Crippen molar-refractivity contribution >= 4 is 72.5 Å². The maximum Gasteiger partial charge on any atom is 0.338 e. The van der Waals surface area contributed by atoms with Crippen LogP contribution in [0.4, 0.5) is 21.0 Å². The third-order valence-corrected chi connectivity index (χ3v) is 5.32. The van der Waals surface area contributed by atoms with Crippen LogP contribution in [-0.4, -0.2) is 23.9 Å². The van der Waals surface area contributed by atoms with Gasteiger partial charge in [0.2, 0.25) is 0 Å². The molecule has 0 fully saturated rings. The molecule has 3 aromatic rings. The molecule has 0 radical (unpaired) electrons. The van der Waals surface area contributed by atoms with Crippen LogP contribution in [0.2, 0.25) is 5.02 Å². The first-order valence-electron chi connectivity index (χ1n) is 9.36. The van der Waals surface area contributed by atoms with Gasteiger partial charge in [-0.25, -0.2) is 18.2 Å². The lowest BCUT2D eigenvalue weighted by Gasteiger charge is -2.24. The molecule has 0 aliphatic carbocycles. The summed E-state index contributed by atoms with van der Waals surface area (Å²) in [5.41, 5.74) is 0.673. The molecule has 2 N–H and O–H groups in total. The largest absolute Gasteiger partial charge is 0.338 e. The molecule has 33 heavy (non-hydrogen) atoms. The Labute approximate surface area is 205 Å². The van der Waals surface area contributed by atoms with E-state index in [0.29, 0.717) is 0 Å². The average molecular weight is 501 g/mol. The van der Waals surface area contributed by atoms with E-state index in [0.717, 1.165) is 8.61 Å². The van der Waals surface area contributed by atoms with E-state index < -0.39 is 23.9 Å². The van der Waals surface area contributed by atoms with Crippen LogP contribution >= 0.6 is 37.2 Å². The number of amides is 6. The number of thiol groups is 2. The van der Waals surface area contributed by atoms with E-state index in [1.165, 1.54) is 18.2 Å². The van der Waals surface area contributed by atoms with Crippen molar-refractivity contribution in [2.45, 2.75) is 0 Å². The molecule has 0 aromatic heterocycles. The zero-order valence-corrected chi connectivity index (χ0v) is 19.4. The number of hydrogen-bond donors (Lipinski definition) is 4. The van der Waals surface area contributed by atoms with Crippen LogP contribution in [0.15, 0.2) is 78.9 Å². The second-order valence-electron chi connectivity index (χ2n) is 6.51. The predicted octanol–water partition coefficient (Wildman–Crippen LogP) is 4.74. The van der Waals surface area contributed by atoms with Crippen LogP contribution in [0, 0.1) is 0 Å². The fourth-order valence-corrected chi connectivity index (χ4v) is 3.28. The molecule has 0 atom stereocenters. The van der Waals surface area contributed by atoms with Gasteiger partial charge in [-0.15, -0.1) is 0 Å². The van der Waals surface area contributed by atoms with E-state index in [9.17, 15) is 19.2 Å². The lowest BCUT2D eigenvalue weighted by atomic mass is 10.2. The van der Waals surface area contributed by atoms with Crippen molar-refractivity contribution in [2.75, 3.05) is 8.61 Å². The maximum absolute atomic E-state index is 12.6. The Morgan fingerprint density at radius 1 is 0.636 bits per heavy atom. The lowest BCUT2D eigenvalue weighted by molar-refractivity contribution is 0.0956. The fourth-order valence-electron chi connectivity index (χ4n) is 2.69. The van der Waals surface area contributed by atoms with Gasteiger partial charge in [-0.2, -0.15) is 0 Å². The first-order chi connectivity index (χ1) is 15.8. The molecule has 0 heterocycles. The minimum Gasteiger partial charge on any atom is -0.273 e. The first kappa shape index (κ1) is 24.2.